The van der Waals surface area contributed by atoms with Crippen LogP contribution in [0.3, 0.4) is 0 Å². The van der Waals surface area contributed by atoms with E-state index in [0.29, 0.717) is 29.9 Å². The van der Waals surface area contributed by atoms with E-state index >= 15 is 0 Å². The van der Waals surface area contributed by atoms with Gasteiger partial charge in [0.15, 0.2) is 11.7 Å². The smallest absolute Gasteiger partial charge is 0.251 e. The molecule has 0 atom stereocenters. The van der Waals surface area contributed by atoms with Gasteiger partial charge in [0.25, 0.3) is 5.91 Å². The van der Waals surface area contributed by atoms with Crippen LogP contribution in [0.2, 0.25) is 0 Å². The molecule has 0 aliphatic rings. The van der Waals surface area contributed by atoms with Crippen molar-refractivity contribution in [3.63, 3.8) is 0 Å². The third kappa shape index (κ3) is 3.78. The van der Waals surface area contributed by atoms with E-state index in [4.69, 9.17) is 10.9 Å². The number of nitrogens with two attached hydrogens (primary N) is 1. The molecular formula is C13H16N6O2. The second-order valence-corrected chi connectivity index (χ2v) is 4.40. The van der Waals surface area contributed by atoms with E-state index in [1.165, 1.54) is 0 Å². The summed E-state index contributed by atoms with van der Waals surface area (Å²) in [4.78, 5) is 16.0. The van der Waals surface area contributed by atoms with E-state index in [9.17, 15) is 4.79 Å². The van der Waals surface area contributed by atoms with Crippen molar-refractivity contribution in [2.75, 3.05) is 6.54 Å². The van der Waals surface area contributed by atoms with Gasteiger partial charge in [-0.3, -0.25) is 9.48 Å². The van der Waals surface area contributed by atoms with Crippen molar-refractivity contribution >= 4 is 11.7 Å². The molecule has 0 aliphatic heterocycles. The fourth-order valence-electron chi connectivity index (χ4n) is 1.74. The van der Waals surface area contributed by atoms with Gasteiger partial charge in [-0.2, -0.15) is 5.10 Å². The molecule has 21 heavy (non-hydrogen) atoms. The van der Waals surface area contributed by atoms with Crippen LogP contribution in [0.4, 0.5) is 0 Å². The van der Waals surface area contributed by atoms with Crippen molar-refractivity contribution < 1.29 is 10.0 Å². The van der Waals surface area contributed by atoms with Crippen LogP contribution in [0.25, 0.3) is 0 Å². The number of amides is 1. The van der Waals surface area contributed by atoms with Crippen LogP contribution in [-0.2, 0) is 13.5 Å². The normalized spacial score (nSPS) is 11.4. The Balaban J connectivity index is 1.88. The second kappa shape index (κ2) is 6.51. The topological polar surface area (TPSA) is 118 Å². The third-order valence-electron chi connectivity index (χ3n) is 2.83. The lowest BCUT2D eigenvalue weighted by molar-refractivity contribution is 0.0954. The van der Waals surface area contributed by atoms with Gasteiger partial charge < -0.3 is 16.3 Å². The Bertz CT molecular complexity index is 647. The zero-order valence-electron chi connectivity index (χ0n) is 11.5. The molecule has 2 rings (SSSR count). The number of aryl methyl sites for hydroxylation is 1. The number of carbonyl (C=O) groups excluding carboxylic acids is 1. The number of benzene rings is 1. The molecule has 2 aromatic rings. The van der Waals surface area contributed by atoms with Gasteiger partial charge in [0, 0.05) is 31.1 Å². The summed E-state index contributed by atoms with van der Waals surface area (Å²) in [7, 11) is 1.79. The van der Waals surface area contributed by atoms with Crippen LogP contribution in [-0.4, -0.2) is 38.3 Å². The predicted octanol–water partition coefficient (Wildman–Crippen LogP) is -0.118. The highest BCUT2D eigenvalue weighted by atomic mass is 16.4. The second-order valence-electron chi connectivity index (χ2n) is 4.40. The summed E-state index contributed by atoms with van der Waals surface area (Å²) in [5, 5.41) is 18.4. The number of amidine groups is 1. The summed E-state index contributed by atoms with van der Waals surface area (Å²) in [5.41, 5.74) is 6.50. The molecule has 1 aromatic heterocycles. The minimum Gasteiger partial charge on any atom is -0.409 e. The maximum Gasteiger partial charge on any atom is 0.251 e. The number of aromatic nitrogens is 3. The number of hydrogen-bond donors (Lipinski definition) is 3. The lowest BCUT2D eigenvalue weighted by atomic mass is 10.1. The highest BCUT2D eigenvalue weighted by Gasteiger charge is 2.07. The minimum atomic E-state index is -0.197. The maximum absolute atomic E-state index is 11.9. The van der Waals surface area contributed by atoms with Crippen LogP contribution in [0.1, 0.15) is 21.7 Å². The Morgan fingerprint density at radius 2 is 2.05 bits per heavy atom. The molecule has 8 heteroatoms. The SMILES string of the molecule is Cn1cnc(CCNC(=O)c2ccc(/C(N)=N/O)cc2)n1. The van der Waals surface area contributed by atoms with Crippen molar-refractivity contribution in [2.45, 2.75) is 6.42 Å². The fraction of sp³-hybridized carbons (Fsp3) is 0.231. The van der Waals surface area contributed by atoms with Crippen molar-refractivity contribution in [3.8, 4) is 0 Å². The molecule has 8 nitrogen and oxygen atoms in total. The first kappa shape index (κ1) is 14.5. The number of nitrogens with zero attached hydrogens (tertiary/aromatic N) is 4. The van der Waals surface area contributed by atoms with Gasteiger partial charge in [0.1, 0.15) is 6.33 Å². The predicted molar refractivity (Wildman–Crippen MR) is 76.0 cm³/mol. The van der Waals surface area contributed by atoms with Gasteiger partial charge in [-0.15, -0.1) is 0 Å². The van der Waals surface area contributed by atoms with Gasteiger partial charge in [0.05, 0.1) is 0 Å². The Kier molecular flexibility index (Phi) is 4.50. The zero-order chi connectivity index (χ0) is 15.2. The summed E-state index contributed by atoms with van der Waals surface area (Å²) < 4.78 is 1.61. The number of carbonyl (C=O) groups is 1. The molecule has 0 spiro atoms. The highest BCUT2D eigenvalue weighted by Crippen LogP contribution is 2.04. The molecule has 0 bridgehead atoms. The van der Waals surface area contributed by atoms with E-state index in [1.807, 2.05) is 0 Å². The van der Waals surface area contributed by atoms with E-state index in [2.05, 4.69) is 20.6 Å². The van der Waals surface area contributed by atoms with Gasteiger partial charge in [0.2, 0.25) is 0 Å². The molecule has 1 aromatic carbocycles. The summed E-state index contributed by atoms with van der Waals surface area (Å²) >= 11 is 0. The molecule has 0 saturated carbocycles. The fourth-order valence-corrected chi connectivity index (χ4v) is 1.74. The standard InChI is InChI=1S/C13H16N6O2/c1-19-8-16-11(17-19)6-7-15-13(20)10-4-2-9(3-5-10)12(14)18-21/h2-5,8,21H,6-7H2,1H3,(H2,14,18)(H,15,20). The van der Waals surface area contributed by atoms with Crippen LogP contribution in [0, 0.1) is 0 Å². The summed E-state index contributed by atoms with van der Waals surface area (Å²) in [6.45, 7) is 0.449. The van der Waals surface area contributed by atoms with Crippen molar-refractivity contribution in [2.24, 2.45) is 17.9 Å². The van der Waals surface area contributed by atoms with Crippen molar-refractivity contribution in [1.82, 2.24) is 20.1 Å². The van der Waals surface area contributed by atoms with Crippen LogP contribution < -0.4 is 11.1 Å². The van der Waals surface area contributed by atoms with E-state index in [1.54, 1.807) is 42.3 Å². The average Bonchev–Trinajstić information content (AvgIpc) is 2.92. The molecule has 0 fully saturated rings. The first-order valence-corrected chi connectivity index (χ1v) is 6.31. The monoisotopic (exact) mass is 288 g/mol. The van der Waals surface area contributed by atoms with Gasteiger partial charge in [-0.05, 0) is 12.1 Å². The maximum atomic E-state index is 11.9. The number of nitrogens with one attached hydrogen (secondary N) is 1. The molecule has 0 aliphatic carbocycles. The summed E-state index contributed by atoms with van der Waals surface area (Å²) in [6.07, 6.45) is 2.18. The van der Waals surface area contributed by atoms with E-state index in [0.717, 1.165) is 0 Å². The third-order valence-corrected chi connectivity index (χ3v) is 2.83. The Morgan fingerprint density at radius 1 is 1.38 bits per heavy atom. The van der Waals surface area contributed by atoms with Crippen LogP contribution in [0.5, 0.6) is 0 Å². The van der Waals surface area contributed by atoms with Crippen LogP contribution >= 0.6 is 0 Å². The summed E-state index contributed by atoms with van der Waals surface area (Å²) in [5.74, 6) is 0.486. The number of oxime groups is 1. The number of rotatable bonds is 5. The Labute approximate surface area is 121 Å². The number of hydrogen-bond acceptors (Lipinski definition) is 5. The van der Waals surface area contributed by atoms with Crippen LogP contribution in [0.15, 0.2) is 35.7 Å². The lowest BCUT2D eigenvalue weighted by Crippen LogP contribution is -2.26. The Morgan fingerprint density at radius 3 is 2.62 bits per heavy atom. The molecule has 4 N–H and O–H groups in total. The van der Waals surface area contributed by atoms with Crippen molar-refractivity contribution in [1.29, 1.82) is 0 Å². The quantitative estimate of drug-likeness (QED) is 0.307. The Hall–Kier alpha value is -2.90. The van der Waals surface area contributed by atoms with E-state index < -0.39 is 0 Å². The average molecular weight is 288 g/mol. The van der Waals surface area contributed by atoms with E-state index in [-0.39, 0.29) is 11.7 Å². The highest BCUT2D eigenvalue weighted by molar-refractivity contribution is 5.99. The molecule has 1 heterocycles. The molecular weight excluding hydrogens is 272 g/mol. The molecule has 0 unspecified atom stereocenters. The summed E-state index contributed by atoms with van der Waals surface area (Å²) in [6, 6.07) is 6.46. The first-order chi connectivity index (χ1) is 10.1. The zero-order valence-corrected chi connectivity index (χ0v) is 11.5. The minimum absolute atomic E-state index is 0.00295. The molecule has 1 amide bonds. The molecule has 110 valence electrons. The first-order valence-electron chi connectivity index (χ1n) is 6.31. The largest absolute Gasteiger partial charge is 0.409 e. The van der Waals surface area contributed by atoms with Crippen molar-refractivity contribution in [3.05, 3.63) is 47.5 Å². The molecule has 0 saturated heterocycles. The lowest BCUT2D eigenvalue weighted by Gasteiger charge is -2.05. The van der Waals surface area contributed by atoms with Gasteiger partial charge in [-0.25, -0.2) is 4.98 Å². The van der Waals surface area contributed by atoms with Gasteiger partial charge in [-0.1, -0.05) is 17.3 Å². The van der Waals surface area contributed by atoms with Gasteiger partial charge >= 0.3 is 0 Å². The molecule has 0 radical (unpaired) electrons.